The molecule has 0 unspecified atom stereocenters. The fourth-order valence-electron chi connectivity index (χ4n) is 3.03. The van der Waals surface area contributed by atoms with E-state index in [9.17, 15) is 4.79 Å². The van der Waals surface area contributed by atoms with Crippen LogP contribution in [0, 0.1) is 5.92 Å². The van der Waals surface area contributed by atoms with Gasteiger partial charge in [0.05, 0.1) is 0 Å². The van der Waals surface area contributed by atoms with Gasteiger partial charge in [0, 0.05) is 24.3 Å². The Morgan fingerprint density at radius 2 is 2.24 bits per heavy atom. The molecule has 0 spiro atoms. The molecule has 0 aliphatic carbocycles. The fourth-order valence-corrected chi connectivity index (χ4v) is 4.04. The molecule has 114 valence electrons. The average molecular weight is 306 g/mol. The normalized spacial score (nSPS) is 19.6. The van der Waals surface area contributed by atoms with E-state index in [2.05, 4.69) is 28.8 Å². The van der Waals surface area contributed by atoms with Crippen LogP contribution >= 0.6 is 11.3 Å². The van der Waals surface area contributed by atoms with Crippen LogP contribution in [0.2, 0.25) is 0 Å². The van der Waals surface area contributed by atoms with E-state index in [0.717, 1.165) is 23.8 Å². The summed E-state index contributed by atoms with van der Waals surface area (Å²) in [4.78, 5) is 19.7. The van der Waals surface area contributed by atoms with E-state index in [1.165, 1.54) is 35.1 Å². The second kappa shape index (κ2) is 5.75. The SMILES string of the molecule is CCc1cc(=O)n2nc(N3CCCC[C@H]3C(C)C)sc2n1. The molecular weight excluding hydrogens is 284 g/mol. The van der Waals surface area contributed by atoms with Crippen molar-refractivity contribution in [1.29, 1.82) is 0 Å². The molecule has 3 rings (SSSR count). The summed E-state index contributed by atoms with van der Waals surface area (Å²) in [5, 5.41) is 5.47. The number of piperidine rings is 1. The van der Waals surface area contributed by atoms with Crippen LogP contribution in [0.15, 0.2) is 10.9 Å². The highest BCUT2D eigenvalue weighted by Gasteiger charge is 2.28. The van der Waals surface area contributed by atoms with Crippen molar-refractivity contribution in [1.82, 2.24) is 14.6 Å². The van der Waals surface area contributed by atoms with Crippen LogP contribution in [0.1, 0.15) is 45.7 Å². The predicted molar refractivity (Wildman–Crippen MR) is 86.3 cm³/mol. The summed E-state index contributed by atoms with van der Waals surface area (Å²) >= 11 is 1.54. The molecule has 0 N–H and O–H groups in total. The molecule has 1 atom stereocenters. The van der Waals surface area contributed by atoms with Crippen molar-refractivity contribution >= 4 is 21.4 Å². The van der Waals surface area contributed by atoms with E-state index in [4.69, 9.17) is 0 Å². The largest absolute Gasteiger partial charge is 0.343 e. The summed E-state index contributed by atoms with van der Waals surface area (Å²) in [6.45, 7) is 7.56. The Bertz CT molecular complexity index is 691. The summed E-state index contributed by atoms with van der Waals surface area (Å²) in [5.41, 5.74) is 0.770. The van der Waals surface area contributed by atoms with Crippen LogP contribution in [0.4, 0.5) is 5.13 Å². The quantitative estimate of drug-likeness (QED) is 0.875. The predicted octanol–water partition coefficient (Wildman–Crippen LogP) is 2.73. The smallest absolute Gasteiger partial charge is 0.275 e. The van der Waals surface area contributed by atoms with Gasteiger partial charge in [-0.3, -0.25) is 4.79 Å². The number of aryl methyl sites for hydroxylation is 1. The topological polar surface area (TPSA) is 50.5 Å². The lowest BCUT2D eigenvalue weighted by atomic mass is 9.93. The van der Waals surface area contributed by atoms with Crippen LogP contribution in [-0.4, -0.2) is 27.2 Å². The molecule has 0 amide bonds. The minimum absolute atomic E-state index is 0.0718. The third-order valence-corrected chi connectivity index (χ3v) is 5.16. The molecule has 0 bridgehead atoms. The van der Waals surface area contributed by atoms with E-state index < -0.39 is 0 Å². The summed E-state index contributed by atoms with van der Waals surface area (Å²) in [6.07, 6.45) is 4.46. The first-order valence-corrected chi connectivity index (χ1v) is 8.58. The maximum Gasteiger partial charge on any atom is 0.275 e. The monoisotopic (exact) mass is 306 g/mol. The second-order valence-electron chi connectivity index (χ2n) is 6.02. The van der Waals surface area contributed by atoms with Crippen LogP contribution in [0.3, 0.4) is 0 Å². The molecular formula is C15H22N4OS. The van der Waals surface area contributed by atoms with Crippen LogP contribution < -0.4 is 10.5 Å². The highest BCUT2D eigenvalue weighted by molar-refractivity contribution is 7.20. The third-order valence-electron chi connectivity index (χ3n) is 4.21. The lowest BCUT2D eigenvalue weighted by Crippen LogP contribution is -2.42. The third kappa shape index (κ3) is 2.69. The molecule has 1 aliphatic heterocycles. The molecule has 5 nitrogen and oxygen atoms in total. The summed E-state index contributed by atoms with van der Waals surface area (Å²) < 4.78 is 1.45. The lowest BCUT2D eigenvalue weighted by molar-refractivity contribution is 0.374. The Morgan fingerprint density at radius 1 is 1.43 bits per heavy atom. The molecule has 6 heteroatoms. The zero-order valence-electron chi connectivity index (χ0n) is 12.9. The molecule has 21 heavy (non-hydrogen) atoms. The molecule has 0 radical (unpaired) electrons. The maximum atomic E-state index is 12.1. The van der Waals surface area contributed by atoms with Crippen molar-refractivity contribution in [3.8, 4) is 0 Å². The fraction of sp³-hybridized carbons (Fsp3) is 0.667. The van der Waals surface area contributed by atoms with Crippen molar-refractivity contribution in [3.05, 3.63) is 22.1 Å². The number of fused-ring (bicyclic) bond motifs is 1. The van der Waals surface area contributed by atoms with Crippen LogP contribution in [0.25, 0.3) is 4.96 Å². The maximum absolute atomic E-state index is 12.1. The van der Waals surface area contributed by atoms with E-state index in [-0.39, 0.29) is 5.56 Å². The molecule has 3 heterocycles. The average Bonchev–Trinajstić information content (AvgIpc) is 2.91. The van der Waals surface area contributed by atoms with Gasteiger partial charge < -0.3 is 4.90 Å². The summed E-state index contributed by atoms with van der Waals surface area (Å²) in [5.74, 6) is 0.591. The van der Waals surface area contributed by atoms with Crippen LogP contribution in [0.5, 0.6) is 0 Å². The van der Waals surface area contributed by atoms with E-state index in [1.54, 1.807) is 6.07 Å². The number of nitrogens with zero attached hydrogens (tertiary/aromatic N) is 4. The number of hydrogen-bond donors (Lipinski definition) is 0. The van der Waals surface area contributed by atoms with Gasteiger partial charge >= 0.3 is 0 Å². The molecule has 2 aromatic rings. The van der Waals surface area contributed by atoms with Gasteiger partial charge in [0.15, 0.2) is 0 Å². The first-order chi connectivity index (χ1) is 10.1. The van der Waals surface area contributed by atoms with Gasteiger partial charge in [-0.15, -0.1) is 5.10 Å². The van der Waals surface area contributed by atoms with Gasteiger partial charge in [-0.1, -0.05) is 32.1 Å². The molecule has 1 saturated heterocycles. The van der Waals surface area contributed by atoms with E-state index in [0.29, 0.717) is 16.9 Å². The Labute approximate surface area is 128 Å². The van der Waals surface area contributed by atoms with Gasteiger partial charge in [-0.05, 0) is 31.6 Å². The Kier molecular flexibility index (Phi) is 3.97. The Balaban J connectivity index is 2.03. The van der Waals surface area contributed by atoms with Crippen molar-refractivity contribution in [3.63, 3.8) is 0 Å². The van der Waals surface area contributed by atoms with E-state index in [1.807, 2.05) is 6.92 Å². The van der Waals surface area contributed by atoms with E-state index >= 15 is 0 Å². The molecule has 1 aliphatic rings. The molecule has 1 fully saturated rings. The van der Waals surface area contributed by atoms with Crippen molar-refractivity contribution in [2.45, 2.75) is 52.5 Å². The zero-order chi connectivity index (χ0) is 15.0. The number of anilines is 1. The first kappa shape index (κ1) is 14.5. The van der Waals surface area contributed by atoms with Crippen molar-refractivity contribution in [2.75, 3.05) is 11.4 Å². The standard InChI is InChI=1S/C15H22N4OS/c1-4-11-9-13(20)19-14(16-11)21-15(17-19)18-8-6-5-7-12(18)10(2)3/h9-10,12H,4-8H2,1-3H3/t12-/m0/s1. The Hall–Kier alpha value is -1.43. The highest BCUT2D eigenvalue weighted by atomic mass is 32.1. The lowest BCUT2D eigenvalue weighted by Gasteiger charge is -2.37. The minimum atomic E-state index is -0.0718. The Morgan fingerprint density at radius 3 is 2.95 bits per heavy atom. The zero-order valence-corrected chi connectivity index (χ0v) is 13.7. The van der Waals surface area contributed by atoms with Crippen molar-refractivity contribution in [2.24, 2.45) is 5.92 Å². The molecule has 0 aromatic carbocycles. The van der Waals surface area contributed by atoms with Gasteiger partial charge in [-0.2, -0.15) is 4.52 Å². The van der Waals surface area contributed by atoms with Gasteiger partial charge in [0.1, 0.15) is 0 Å². The molecule has 0 saturated carbocycles. The number of rotatable bonds is 3. The number of aromatic nitrogens is 3. The van der Waals surface area contributed by atoms with Gasteiger partial charge in [-0.25, -0.2) is 4.98 Å². The summed E-state index contributed by atoms with van der Waals surface area (Å²) in [6, 6.07) is 2.10. The highest BCUT2D eigenvalue weighted by Crippen LogP contribution is 2.31. The van der Waals surface area contributed by atoms with Gasteiger partial charge in [0.25, 0.3) is 5.56 Å². The van der Waals surface area contributed by atoms with Crippen molar-refractivity contribution < 1.29 is 0 Å². The summed E-state index contributed by atoms with van der Waals surface area (Å²) in [7, 11) is 0. The minimum Gasteiger partial charge on any atom is -0.343 e. The first-order valence-electron chi connectivity index (χ1n) is 7.76. The van der Waals surface area contributed by atoms with Crippen LogP contribution in [-0.2, 0) is 6.42 Å². The molecule has 2 aromatic heterocycles. The number of hydrogen-bond acceptors (Lipinski definition) is 5. The second-order valence-corrected chi connectivity index (χ2v) is 6.95. The van der Waals surface area contributed by atoms with Gasteiger partial charge in [0.2, 0.25) is 10.1 Å².